The molecule has 2 aromatic carbocycles. The Morgan fingerprint density at radius 3 is 2.43 bits per heavy atom. The second-order valence-corrected chi connectivity index (χ2v) is 13.2. The highest BCUT2D eigenvalue weighted by molar-refractivity contribution is 7.90. The van der Waals surface area contributed by atoms with E-state index < -0.39 is 33.8 Å². The minimum Gasteiger partial charge on any atom is -0.487 e. The fraction of sp³-hybridized carbons (Fsp3) is 0.419. The molecule has 224 valence electrons. The van der Waals surface area contributed by atoms with Crippen LogP contribution in [0, 0.1) is 0 Å². The van der Waals surface area contributed by atoms with Crippen LogP contribution < -0.4 is 4.74 Å². The predicted molar refractivity (Wildman–Crippen MR) is 152 cm³/mol. The number of likely N-dealkylation sites (tertiary alicyclic amines) is 1. The predicted octanol–water partition coefficient (Wildman–Crippen LogP) is 6.15. The Balaban J connectivity index is 1.16. The highest BCUT2D eigenvalue weighted by Gasteiger charge is 2.43. The van der Waals surface area contributed by atoms with Crippen molar-refractivity contribution in [3.63, 3.8) is 0 Å². The second-order valence-electron chi connectivity index (χ2n) is 11.0. The molecule has 0 saturated carbocycles. The van der Waals surface area contributed by atoms with Crippen molar-refractivity contribution >= 4 is 15.9 Å². The van der Waals surface area contributed by atoms with E-state index >= 15 is 0 Å². The third-order valence-electron chi connectivity index (χ3n) is 7.98. The maximum absolute atomic E-state index is 12.8. The van der Waals surface area contributed by atoms with Gasteiger partial charge in [-0.2, -0.15) is 13.2 Å². The first-order chi connectivity index (χ1) is 19.9. The number of pyridine rings is 1. The van der Waals surface area contributed by atoms with Crippen LogP contribution in [-0.4, -0.2) is 61.1 Å². The van der Waals surface area contributed by atoms with Crippen LogP contribution in [0.3, 0.4) is 0 Å². The molecule has 1 unspecified atom stereocenters. The third kappa shape index (κ3) is 7.24. The molecule has 1 aromatic heterocycles. The molecule has 0 bridgehead atoms. The maximum Gasteiger partial charge on any atom is 0.425 e. The number of aromatic nitrogens is 1. The summed E-state index contributed by atoms with van der Waals surface area (Å²) in [6.07, 6.45) is -3.14. The number of hydrogen-bond acceptors (Lipinski definition) is 6. The molecule has 11 heteroatoms. The first kappa shape index (κ1) is 29.9. The topological polar surface area (TPSA) is 85.8 Å². The fourth-order valence-electron chi connectivity index (χ4n) is 5.37. The van der Waals surface area contributed by atoms with Crippen molar-refractivity contribution in [1.29, 1.82) is 0 Å². The van der Waals surface area contributed by atoms with Gasteiger partial charge in [0.05, 0.1) is 11.5 Å². The molecular weight excluding hydrogens is 569 g/mol. The van der Waals surface area contributed by atoms with Gasteiger partial charge in [0.2, 0.25) is 0 Å². The molecule has 3 aromatic rings. The SMILES string of the molecule is CC(OC(=O)N1CCC2(CCc3cc(-c4ccc(CS(=O)(=O)CCc5ccccn5)cc4)ccc3O2)CC1)C(F)(F)F. The Bertz CT molecular complexity index is 1500. The lowest BCUT2D eigenvalue weighted by Gasteiger charge is -2.44. The third-order valence-corrected chi connectivity index (χ3v) is 9.58. The molecule has 0 N–H and O–H groups in total. The van der Waals surface area contributed by atoms with Crippen molar-refractivity contribution in [3.8, 4) is 16.9 Å². The minimum atomic E-state index is -4.59. The van der Waals surface area contributed by atoms with Crippen molar-refractivity contribution in [3.05, 3.63) is 83.7 Å². The summed E-state index contributed by atoms with van der Waals surface area (Å²) in [5, 5.41) is 0. The molecule has 1 amide bonds. The number of sulfone groups is 1. The van der Waals surface area contributed by atoms with Gasteiger partial charge in [0, 0.05) is 44.2 Å². The van der Waals surface area contributed by atoms with Crippen LogP contribution >= 0.6 is 0 Å². The summed E-state index contributed by atoms with van der Waals surface area (Å²) in [4.78, 5) is 17.7. The zero-order chi connectivity index (χ0) is 30.0. The fourth-order valence-corrected chi connectivity index (χ4v) is 6.73. The van der Waals surface area contributed by atoms with E-state index in [2.05, 4.69) is 15.8 Å². The van der Waals surface area contributed by atoms with Crippen LogP contribution in [0.25, 0.3) is 11.1 Å². The van der Waals surface area contributed by atoms with E-state index in [1.54, 1.807) is 12.3 Å². The number of halogens is 3. The number of hydrogen-bond donors (Lipinski definition) is 0. The first-order valence-corrected chi connectivity index (χ1v) is 15.8. The lowest BCUT2D eigenvalue weighted by Crippen LogP contribution is -2.52. The molecule has 1 saturated heterocycles. The van der Waals surface area contributed by atoms with Gasteiger partial charge in [-0.1, -0.05) is 36.4 Å². The van der Waals surface area contributed by atoms with Crippen molar-refractivity contribution in [2.24, 2.45) is 0 Å². The summed E-state index contributed by atoms with van der Waals surface area (Å²) in [5.74, 6) is 0.774. The smallest absolute Gasteiger partial charge is 0.425 e. The van der Waals surface area contributed by atoms with Crippen LogP contribution in [0.5, 0.6) is 5.75 Å². The Morgan fingerprint density at radius 2 is 1.76 bits per heavy atom. The highest BCUT2D eigenvalue weighted by Crippen LogP contribution is 2.41. The molecule has 2 aliphatic heterocycles. The number of carbonyl (C=O) groups is 1. The minimum absolute atomic E-state index is 0.0310. The molecular formula is C31H33F3N2O5S. The van der Waals surface area contributed by atoms with Gasteiger partial charge in [0.1, 0.15) is 11.4 Å². The molecule has 2 aliphatic rings. The normalized spacial score (nSPS) is 17.3. The standard InChI is InChI=1S/C31H33F3N2O5S/c1-22(31(32,33)34)40-29(37)36-17-14-30(15-18-36)13-11-26-20-25(9-10-28(26)41-30)24-7-5-23(6-8-24)21-42(38,39)19-12-27-4-2-3-16-35-27/h2-10,16,20,22H,11-15,17-19,21H2,1H3. The molecule has 3 heterocycles. The van der Waals surface area contributed by atoms with Gasteiger partial charge in [-0.15, -0.1) is 0 Å². The van der Waals surface area contributed by atoms with Crippen LogP contribution in [-0.2, 0) is 33.2 Å². The first-order valence-electron chi connectivity index (χ1n) is 14.0. The van der Waals surface area contributed by atoms with Gasteiger partial charge in [-0.05, 0) is 66.3 Å². The monoisotopic (exact) mass is 602 g/mol. The Morgan fingerprint density at radius 1 is 1.05 bits per heavy atom. The van der Waals surface area contributed by atoms with Crippen molar-refractivity contribution in [2.45, 2.75) is 62.7 Å². The number of nitrogens with zero attached hydrogens (tertiary/aromatic N) is 2. The number of aryl methyl sites for hydroxylation is 2. The molecule has 1 fully saturated rings. The van der Waals surface area contributed by atoms with Crippen LogP contribution in [0.1, 0.15) is 43.0 Å². The van der Waals surface area contributed by atoms with Crippen LogP contribution in [0.2, 0.25) is 0 Å². The quantitative estimate of drug-likeness (QED) is 0.322. The Labute approximate surface area is 243 Å². The second kappa shape index (κ2) is 11.9. The molecule has 1 atom stereocenters. The maximum atomic E-state index is 12.8. The van der Waals surface area contributed by atoms with Crippen molar-refractivity contribution < 1.29 is 35.9 Å². The van der Waals surface area contributed by atoms with E-state index in [0.717, 1.165) is 53.5 Å². The lowest BCUT2D eigenvalue weighted by molar-refractivity contribution is -0.200. The van der Waals surface area contributed by atoms with E-state index in [0.29, 0.717) is 19.3 Å². The Kier molecular flexibility index (Phi) is 8.50. The molecule has 5 rings (SSSR count). The van der Waals surface area contributed by atoms with Crippen LogP contribution in [0.15, 0.2) is 66.9 Å². The molecule has 7 nitrogen and oxygen atoms in total. The van der Waals surface area contributed by atoms with E-state index in [1.807, 2.05) is 48.5 Å². The number of benzene rings is 2. The summed E-state index contributed by atoms with van der Waals surface area (Å²) in [5.41, 5.74) is 4.03. The zero-order valence-corrected chi connectivity index (χ0v) is 24.1. The Hall–Kier alpha value is -3.60. The van der Waals surface area contributed by atoms with E-state index in [4.69, 9.17) is 4.74 Å². The van der Waals surface area contributed by atoms with Crippen molar-refractivity contribution in [2.75, 3.05) is 18.8 Å². The molecule has 0 radical (unpaired) electrons. The number of fused-ring (bicyclic) bond motifs is 1. The number of piperidine rings is 1. The molecule has 42 heavy (non-hydrogen) atoms. The molecule has 1 spiro atoms. The van der Waals surface area contributed by atoms with Crippen molar-refractivity contribution in [1.82, 2.24) is 9.88 Å². The highest BCUT2D eigenvalue weighted by atomic mass is 32.2. The summed E-state index contributed by atoms with van der Waals surface area (Å²) in [7, 11) is -3.29. The van der Waals surface area contributed by atoms with Gasteiger partial charge in [0.15, 0.2) is 15.9 Å². The lowest BCUT2D eigenvalue weighted by atomic mass is 9.82. The average Bonchev–Trinajstić information content (AvgIpc) is 2.96. The van der Waals surface area contributed by atoms with Gasteiger partial charge < -0.3 is 14.4 Å². The summed E-state index contributed by atoms with van der Waals surface area (Å²) >= 11 is 0. The van der Waals surface area contributed by atoms with E-state index in [1.165, 1.54) is 4.90 Å². The summed E-state index contributed by atoms with van der Waals surface area (Å²) in [6.45, 7) is 1.36. The van der Waals surface area contributed by atoms with E-state index in [-0.39, 0.29) is 24.6 Å². The number of alkyl halides is 3. The zero-order valence-electron chi connectivity index (χ0n) is 23.3. The van der Waals surface area contributed by atoms with Gasteiger partial charge in [-0.25, -0.2) is 13.2 Å². The largest absolute Gasteiger partial charge is 0.487 e. The average molecular weight is 603 g/mol. The van der Waals surface area contributed by atoms with Gasteiger partial charge in [0.25, 0.3) is 0 Å². The van der Waals surface area contributed by atoms with Gasteiger partial charge in [-0.3, -0.25) is 4.98 Å². The number of ether oxygens (including phenoxy) is 2. The number of amides is 1. The summed E-state index contributed by atoms with van der Waals surface area (Å²) in [6, 6.07) is 18.9. The number of carbonyl (C=O) groups excluding carboxylic acids is 1. The molecule has 0 aliphatic carbocycles. The number of rotatable bonds is 7. The van der Waals surface area contributed by atoms with Gasteiger partial charge >= 0.3 is 12.3 Å². The van der Waals surface area contributed by atoms with Crippen LogP contribution in [0.4, 0.5) is 18.0 Å². The van der Waals surface area contributed by atoms with E-state index in [9.17, 15) is 26.4 Å². The summed E-state index contributed by atoms with van der Waals surface area (Å²) < 4.78 is 74.5.